The minimum absolute atomic E-state index is 0.231. The van der Waals surface area contributed by atoms with Crippen molar-refractivity contribution in [2.24, 2.45) is 0 Å². The molecule has 0 spiro atoms. The Morgan fingerprint density at radius 1 is 1.16 bits per heavy atom. The van der Waals surface area contributed by atoms with Crippen LogP contribution in [-0.2, 0) is 4.74 Å². The lowest BCUT2D eigenvalue weighted by atomic mass is 9.96. The number of ketones is 1. The molecule has 0 amide bonds. The molecule has 0 bridgehead atoms. The second kappa shape index (κ2) is 5.76. The van der Waals surface area contributed by atoms with Crippen LogP contribution < -0.4 is 0 Å². The van der Waals surface area contributed by atoms with Crippen molar-refractivity contribution < 1.29 is 13.9 Å². The molecule has 2 aromatic carbocycles. The quantitative estimate of drug-likeness (QED) is 0.781. The fourth-order valence-electron chi connectivity index (χ4n) is 2.02. The molecule has 2 rings (SSSR count). The van der Waals surface area contributed by atoms with E-state index < -0.39 is 11.9 Å². The molecular weight excluding hydrogens is 243 g/mol. The van der Waals surface area contributed by atoms with Gasteiger partial charge in [0.15, 0.2) is 5.78 Å². The Bertz CT molecular complexity index is 579. The first-order valence-corrected chi connectivity index (χ1v) is 6.01. The van der Waals surface area contributed by atoms with Gasteiger partial charge < -0.3 is 4.74 Å². The van der Waals surface area contributed by atoms with E-state index in [0.717, 1.165) is 11.1 Å². The van der Waals surface area contributed by atoms with Gasteiger partial charge in [-0.1, -0.05) is 36.4 Å². The van der Waals surface area contributed by atoms with Gasteiger partial charge in [-0.15, -0.1) is 0 Å². The van der Waals surface area contributed by atoms with Crippen molar-refractivity contribution in [2.45, 2.75) is 13.0 Å². The van der Waals surface area contributed by atoms with Crippen LogP contribution in [0.2, 0.25) is 0 Å². The van der Waals surface area contributed by atoms with Crippen molar-refractivity contribution in [3.63, 3.8) is 0 Å². The molecule has 0 fully saturated rings. The zero-order valence-corrected chi connectivity index (χ0v) is 10.9. The van der Waals surface area contributed by atoms with E-state index in [1.54, 1.807) is 13.0 Å². The first kappa shape index (κ1) is 13.4. The molecule has 0 saturated heterocycles. The maximum atomic E-state index is 13.3. The van der Waals surface area contributed by atoms with Crippen molar-refractivity contribution in [1.29, 1.82) is 0 Å². The van der Waals surface area contributed by atoms with E-state index in [1.807, 2.05) is 30.3 Å². The van der Waals surface area contributed by atoms with Crippen LogP contribution in [0.1, 0.15) is 27.6 Å². The molecule has 2 nitrogen and oxygen atoms in total. The van der Waals surface area contributed by atoms with Gasteiger partial charge in [-0.3, -0.25) is 4.79 Å². The number of rotatable bonds is 4. The topological polar surface area (TPSA) is 26.3 Å². The molecule has 0 aliphatic rings. The smallest absolute Gasteiger partial charge is 0.196 e. The van der Waals surface area contributed by atoms with Crippen LogP contribution in [0.3, 0.4) is 0 Å². The number of carbonyl (C=O) groups excluding carboxylic acids is 1. The fraction of sp³-hybridized carbons (Fsp3) is 0.188. The van der Waals surface area contributed by atoms with Gasteiger partial charge in [0.2, 0.25) is 0 Å². The van der Waals surface area contributed by atoms with Crippen LogP contribution >= 0.6 is 0 Å². The molecule has 0 aromatic heterocycles. The Hall–Kier alpha value is -2.00. The van der Waals surface area contributed by atoms with Gasteiger partial charge in [-0.25, -0.2) is 4.39 Å². The van der Waals surface area contributed by atoms with Crippen LogP contribution in [0, 0.1) is 12.7 Å². The van der Waals surface area contributed by atoms with Gasteiger partial charge in [0.05, 0.1) is 0 Å². The summed E-state index contributed by atoms with van der Waals surface area (Å²) in [4.78, 5) is 12.5. The molecule has 1 atom stereocenters. The van der Waals surface area contributed by atoms with Crippen LogP contribution in [-0.4, -0.2) is 12.9 Å². The number of ether oxygens (including phenoxy) is 1. The lowest BCUT2D eigenvalue weighted by Crippen LogP contribution is -2.16. The van der Waals surface area contributed by atoms with E-state index in [2.05, 4.69) is 0 Å². The molecular formula is C16H15FO2. The lowest BCUT2D eigenvalue weighted by Gasteiger charge is -2.16. The Kier molecular flexibility index (Phi) is 4.07. The zero-order chi connectivity index (χ0) is 13.8. The first-order chi connectivity index (χ1) is 9.13. The number of benzene rings is 2. The summed E-state index contributed by atoms with van der Waals surface area (Å²) in [5, 5.41) is 0. The van der Waals surface area contributed by atoms with Crippen molar-refractivity contribution >= 4 is 5.78 Å². The summed E-state index contributed by atoms with van der Waals surface area (Å²) in [6.07, 6.45) is -0.707. The van der Waals surface area contributed by atoms with Crippen molar-refractivity contribution in [3.8, 4) is 0 Å². The normalized spacial score (nSPS) is 12.2. The average molecular weight is 258 g/mol. The monoisotopic (exact) mass is 258 g/mol. The second-order valence-corrected chi connectivity index (χ2v) is 4.35. The SMILES string of the molecule is COC(C(=O)c1cc(F)ccc1C)c1ccccc1. The summed E-state index contributed by atoms with van der Waals surface area (Å²) < 4.78 is 18.6. The summed E-state index contributed by atoms with van der Waals surface area (Å²) >= 11 is 0. The standard InChI is InChI=1S/C16H15FO2/c1-11-8-9-13(17)10-14(11)15(18)16(19-2)12-6-4-3-5-7-12/h3-10,16H,1-2H3. The Morgan fingerprint density at radius 3 is 2.47 bits per heavy atom. The molecule has 3 heteroatoms. The number of hydrogen-bond acceptors (Lipinski definition) is 2. The minimum Gasteiger partial charge on any atom is -0.369 e. The maximum absolute atomic E-state index is 13.3. The number of methoxy groups -OCH3 is 1. The highest BCUT2D eigenvalue weighted by Gasteiger charge is 2.23. The van der Waals surface area contributed by atoms with E-state index in [9.17, 15) is 9.18 Å². The van der Waals surface area contributed by atoms with Gasteiger partial charge in [0.1, 0.15) is 11.9 Å². The molecule has 0 N–H and O–H groups in total. The van der Waals surface area contributed by atoms with Gasteiger partial charge in [0, 0.05) is 12.7 Å². The number of Topliss-reactive ketones (excluding diaryl/α,β-unsaturated/α-hetero) is 1. The highest BCUT2D eigenvalue weighted by molar-refractivity contribution is 6.01. The zero-order valence-electron chi connectivity index (χ0n) is 10.9. The van der Waals surface area contributed by atoms with E-state index in [1.165, 1.54) is 19.2 Å². The summed E-state index contributed by atoms with van der Waals surface area (Å²) in [6.45, 7) is 1.78. The predicted molar refractivity (Wildman–Crippen MR) is 71.7 cm³/mol. The average Bonchev–Trinajstić information content (AvgIpc) is 2.43. The third kappa shape index (κ3) is 2.88. The number of halogens is 1. The highest BCUT2D eigenvalue weighted by atomic mass is 19.1. The molecule has 2 aromatic rings. The van der Waals surface area contributed by atoms with E-state index >= 15 is 0 Å². The van der Waals surface area contributed by atoms with Crippen molar-refractivity contribution in [2.75, 3.05) is 7.11 Å². The number of carbonyl (C=O) groups is 1. The van der Waals surface area contributed by atoms with E-state index in [4.69, 9.17) is 4.74 Å². The third-order valence-electron chi connectivity index (χ3n) is 3.04. The molecule has 0 heterocycles. The minimum atomic E-state index is -0.707. The molecule has 0 radical (unpaired) electrons. The molecule has 1 unspecified atom stereocenters. The maximum Gasteiger partial charge on any atom is 0.196 e. The first-order valence-electron chi connectivity index (χ1n) is 6.01. The summed E-state index contributed by atoms with van der Waals surface area (Å²) in [5.74, 6) is -0.650. The van der Waals surface area contributed by atoms with Crippen LogP contribution in [0.4, 0.5) is 4.39 Å². The van der Waals surface area contributed by atoms with Crippen LogP contribution in [0.15, 0.2) is 48.5 Å². The Morgan fingerprint density at radius 2 is 1.84 bits per heavy atom. The van der Waals surface area contributed by atoms with Crippen molar-refractivity contribution in [3.05, 3.63) is 71.0 Å². The van der Waals surface area contributed by atoms with Crippen LogP contribution in [0.5, 0.6) is 0 Å². The van der Waals surface area contributed by atoms with Gasteiger partial charge >= 0.3 is 0 Å². The third-order valence-corrected chi connectivity index (χ3v) is 3.04. The molecule has 0 aliphatic heterocycles. The Balaban J connectivity index is 2.39. The molecule has 0 aliphatic carbocycles. The van der Waals surface area contributed by atoms with Crippen molar-refractivity contribution in [1.82, 2.24) is 0 Å². The molecule has 19 heavy (non-hydrogen) atoms. The fourth-order valence-corrected chi connectivity index (χ4v) is 2.02. The molecule has 0 saturated carbocycles. The number of hydrogen-bond donors (Lipinski definition) is 0. The second-order valence-electron chi connectivity index (χ2n) is 4.35. The van der Waals surface area contributed by atoms with Crippen LogP contribution in [0.25, 0.3) is 0 Å². The Labute approximate surface area is 111 Å². The predicted octanol–water partition coefficient (Wildman–Crippen LogP) is 3.70. The highest BCUT2D eigenvalue weighted by Crippen LogP contribution is 2.23. The molecule has 98 valence electrons. The summed E-state index contributed by atoms with van der Waals surface area (Å²) in [6, 6.07) is 13.4. The van der Waals surface area contributed by atoms with Gasteiger partial charge in [-0.2, -0.15) is 0 Å². The van der Waals surface area contributed by atoms with Gasteiger partial charge in [0.25, 0.3) is 0 Å². The van der Waals surface area contributed by atoms with E-state index in [0.29, 0.717) is 5.56 Å². The summed E-state index contributed by atoms with van der Waals surface area (Å²) in [7, 11) is 1.48. The summed E-state index contributed by atoms with van der Waals surface area (Å²) in [5.41, 5.74) is 1.86. The number of aryl methyl sites for hydroxylation is 1. The van der Waals surface area contributed by atoms with Gasteiger partial charge in [-0.05, 0) is 30.2 Å². The van der Waals surface area contributed by atoms with E-state index in [-0.39, 0.29) is 5.78 Å². The largest absolute Gasteiger partial charge is 0.369 e. The lowest BCUT2D eigenvalue weighted by molar-refractivity contribution is 0.0603.